The highest BCUT2D eigenvalue weighted by atomic mass is 35.5. The van der Waals surface area contributed by atoms with Crippen LogP contribution < -0.4 is 10.6 Å². The minimum absolute atomic E-state index is 0.0394. The maximum atomic E-state index is 13.3. The van der Waals surface area contributed by atoms with E-state index in [9.17, 15) is 18.0 Å². The van der Waals surface area contributed by atoms with Crippen molar-refractivity contribution in [2.75, 3.05) is 5.32 Å². The molecular weight excluding hydrogens is 464 g/mol. The highest BCUT2D eigenvalue weighted by Gasteiger charge is 2.46. The van der Waals surface area contributed by atoms with E-state index >= 15 is 0 Å². The van der Waals surface area contributed by atoms with Crippen LogP contribution in [0.15, 0.2) is 41.5 Å². The average molecular weight is 487 g/mol. The van der Waals surface area contributed by atoms with Gasteiger partial charge in [0.15, 0.2) is 0 Å². The Kier molecular flexibility index (Phi) is 6.45. The van der Waals surface area contributed by atoms with Crippen LogP contribution in [0.4, 0.5) is 19.1 Å². The van der Waals surface area contributed by atoms with Gasteiger partial charge in [-0.05, 0) is 37.1 Å². The molecule has 32 heavy (non-hydrogen) atoms. The monoisotopic (exact) mass is 486 g/mol. The van der Waals surface area contributed by atoms with Crippen LogP contribution in [0.25, 0.3) is 11.0 Å². The molecule has 4 rings (SSSR count). The van der Waals surface area contributed by atoms with Crippen molar-refractivity contribution < 1.29 is 18.0 Å². The minimum atomic E-state index is -4.33. The smallest absolute Gasteiger partial charge is 0.349 e. The second kappa shape index (κ2) is 8.98. The van der Waals surface area contributed by atoms with Crippen molar-refractivity contribution in [2.45, 2.75) is 49.3 Å². The van der Waals surface area contributed by atoms with Gasteiger partial charge in [-0.3, -0.25) is 4.79 Å². The quantitative estimate of drug-likeness (QED) is 0.560. The number of aryl methyl sites for hydroxylation is 1. The van der Waals surface area contributed by atoms with E-state index in [1.165, 1.54) is 0 Å². The summed E-state index contributed by atoms with van der Waals surface area (Å²) in [6.45, 7) is 0. The van der Waals surface area contributed by atoms with Gasteiger partial charge in [0.05, 0.1) is 28.4 Å². The Morgan fingerprint density at radius 3 is 2.72 bits per heavy atom. The van der Waals surface area contributed by atoms with E-state index in [4.69, 9.17) is 23.2 Å². The highest BCUT2D eigenvalue weighted by Crippen LogP contribution is 2.38. The molecule has 2 aliphatic carbocycles. The fourth-order valence-electron chi connectivity index (χ4n) is 4.33. The zero-order valence-corrected chi connectivity index (χ0v) is 18.8. The molecule has 0 bridgehead atoms. The summed E-state index contributed by atoms with van der Waals surface area (Å²) in [5.41, 5.74) is 1.56. The molecule has 1 saturated carbocycles. The lowest BCUT2D eigenvalue weighted by molar-refractivity contribution is -0.187. The number of nitrogens with one attached hydrogen (secondary N) is 2. The molecule has 1 amide bonds. The molecule has 0 saturated heterocycles. The Balaban J connectivity index is 1.54. The van der Waals surface area contributed by atoms with Gasteiger partial charge in [0.25, 0.3) is 5.91 Å². The first-order valence-corrected chi connectivity index (χ1v) is 11.2. The molecule has 0 spiro atoms. The van der Waals surface area contributed by atoms with E-state index < -0.39 is 24.0 Å². The SMILES string of the molecule is Cn1c(NC2C(Cl)=CC=CC2Cl)nc2cc(C(=O)NC3CCCCC3C(F)(F)F)ccc21. The summed E-state index contributed by atoms with van der Waals surface area (Å²) < 4.78 is 41.9. The Hall–Kier alpha value is -2.19. The van der Waals surface area contributed by atoms with Crippen LogP contribution in [0.2, 0.25) is 0 Å². The van der Waals surface area contributed by atoms with Crippen LogP contribution in [0.3, 0.4) is 0 Å². The van der Waals surface area contributed by atoms with Crippen molar-refractivity contribution >= 4 is 46.1 Å². The number of carbonyl (C=O) groups excluding carboxylic acids is 1. The Morgan fingerprint density at radius 2 is 2.00 bits per heavy atom. The van der Waals surface area contributed by atoms with Gasteiger partial charge in [0.2, 0.25) is 5.95 Å². The fourth-order valence-corrected chi connectivity index (χ4v) is 4.94. The summed E-state index contributed by atoms with van der Waals surface area (Å²) in [5.74, 6) is -1.53. The van der Waals surface area contributed by atoms with E-state index in [1.54, 1.807) is 30.4 Å². The summed E-state index contributed by atoms with van der Waals surface area (Å²) in [4.78, 5) is 17.3. The molecular formula is C22H23Cl2F3N4O. The van der Waals surface area contributed by atoms with Crippen molar-refractivity contribution in [3.63, 3.8) is 0 Å². The second-order valence-electron chi connectivity index (χ2n) is 8.21. The van der Waals surface area contributed by atoms with Gasteiger partial charge in [0.1, 0.15) is 0 Å². The molecule has 10 heteroatoms. The second-order valence-corrected chi connectivity index (χ2v) is 9.15. The maximum absolute atomic E-state index is 13.3. The van der Waals surface area contributed by atoms with Crippen molar-refractivity contribution in [1.82, 2.24) is 14.9 Å². The number of anilines is 1. The van der Waals surface area contributed by atoms with E-state index in [1.807, 2.05) is 17.7 Å². The predicted molar refractivity (Wildman–Crippen MR) is 120 cm³/mol. The molecule has 5 nitrogen and oxygen atoms in total. The molecule has 0 radical (unpaired) electrons. The van der Waals surface area contributed by atoms with Crippen LogP contribution >= 0.6 is 23.2 Å². The van der Waals surface area contributed by atoms with E-state index in [2.05, 4.69) is 15.6 Å². The number of carbonyl (C=O) groups is 1. The normalized spacial score (nSPS) is 26.1. The van der Waals surface area contributed by atoms with Gasteiger partial charge in [-0.25, -0.2) is 4.98 Å². The third kappa shape index (κ3) is 4.62. The van der Waals surface area contributed by atoms with Crippen LogP contribution in [0.1, 0.15) is 36.0 Å². The zero-order valence-electron chi connectivity index (χ0n) is 17.3. The van der Waals surface area contributed by atoms with Gasteiger partial charge in [-0.15, -0.1) is 11.6 Å². The van der Waals surface area contributed by atoms with Crippen LogP contribution in [0.5, 0.6) is 0 Å². The van der Waals surface area contributed by atoms with Gasteiger partial charge in [-0.2, -0.15) is 13.2 Å². The number of alkyl halides is 4. The van der Waals surface area contributed by atoms with E-state index in [-0.39, 0.29) is 23.4 Å². The standard InChI is InChI=1S/C22H23Cl2F3N4O/c1-31-18-10-9-12(20(32)28-16-8-3-2-5-13(16)22(25,26)27)11-17(18)29-21(31)30-19-14(23)6-4-7-15(19)24/h4,6-7,9-11,13-14,16,19H,2-3,5,8H2,1H3,(H,28,32)(H,29,30). The third-order valence-corrected chi connectivity index (χ3v) is 6.85. The Morgan fingerprint density at radius 1 is 1.25 bits per heavy atom. The number of aromatic nitrogens is 2. The van der Waals surface area contributed by atoms with Crippen LogP contribution in [0, 0.1) is 5.92 Å². The van der Waals surface area contributed by atoms with E-state index in [0.717, 1.165) is 5.52 Å². The van der Waals surface area contributed by atoms with Gasteiger partial charge in [0, 0.05) is 23.7 Å². The van der Waals surface area contributed by atoms with Crippen molar-refractivity contribution in [1.29, 1.82) is 0 Å². The predicted octanol–water partition coefficient (Wildman–Crippen LogP) is 5.50. The lowest BCUT2D eigenvalue weighted by Gasteiger charge is -2.33. The molecule has 1 aromatic heterocycles. The van der Waals surface area contributed by atoms with Crippen LogP contribution in [-0.2, 0) is 7.05 Å². The highest BCUT2D eigenvalue weighted by molar-refractivity contribution is 6.32. The number of benzene rings is 1. The number of hydrogen-bond acceptors (Lipinski definition) is 3. The minimum Gasteiger partial charge on any atom is -0.349 e. The number of allylic oxidation sites excluding steroid dienone is 2. The number of hydrogen-bond donors (Lipinski definition) is 2. The Bertz CT molecular complexity index is 1080. The molecule has 2 aliphatic rings. The average Bonchev–Trinajstić information content (AvgIpc) is 3.05. The molecule has 1 aromatic carbocycles. The lowest BCUT2D eigenvalue weighted by Crippen LogP contribution is -2.47. The van der Waals surface area contributed by atoms with Gasteiger partial charge < -0.3 is 15.2 Å². The number of imidazole rings is 1. The lowest BCUT2D eigenvalue weighted by atomic mass is 9.84. The van der Waals surface area contributed by atoms with Crippen molar-refractivity contribution in [2.24, 2.45) is 13.0 Å². The molecule has 172 valence electrons. The summed E-state index contributed by atoms with van der Waals surface area (Å²) in [6, 6.07) is 3.63. The summed E-state index contributed by atoms with van der Waals surface area (Å²) in [6.07, 6.45) is 2.57. The maximum Gasteiger partial charge on any atom is 0.393 e. The number of halogens is 5. The molecule has 4 unspecified atom stereocenters. The molecule has 0 aliphatic heterocycles. The number of fused-ring (bicyclic) bond motifs is 1. The molecule has 2 N–H and O–H groups in total. The van der Waals surface area contributed by atoms with E-state index in [0.29, 0.717) is 35.8 Å². The first-order valence-electron chi connectivity index (χ1n) is 10.4. The summed E-state index contributed by atoms with van der Waals surface area (Å²) >= 11 is 12.6. The van der Waals surface area contributed by atoms with Crippen molar-refractivity contribution in [3.05, 3.63) is 47.0 Å². The number of nitrogens with zero attached hydrogens (tertiary/aromatic N) is 2. The number of amides is 1. The number of rotatable bonds is 4. The first kappa shape index (κ1) is 23.0. The summed E-state index contributed by atoms with van der Waals surface area (Å²) in [7, 11) is 1.81. The Labute approximate surface area is 193 Å². The van der Waals surface area contributed by atoms with Crippen molar-refractivity contribution in [3.8, 4) is 0 Å². The first-order chi connectivity index (χ1) is 15.1. The topological polar surface area (TPSA) is 59.0 Å². The molecule has 2 aromatic rings. The largest absolute Gasteiger partial charge is 0.393 e. The van der Waals surface area contributed by atoms with Crippen LogP contribution in [-0.4, -0.2) is 39.1 Å². The van der Waals surface area contributed by atoms with Gasteiger partial charge in [-0.1, -0.05) is 36.6 Å². The summed E-state index contributed by atoms with van der Waals surface area (Å²) in [5, 5.41) is 6.01. The third-order valence-electron chi connectivity index (χ3n) is 6.10. The van der Waals surface area contributed by atoms with Gasteiger partial charge >= 0.3 is 6.18 Å². The zero-order chi connectivity index (χ0) is 23.0. The molecule has 4 atom stereocenters. The molecule has 1 heterocycles. The molecule has 1 fully saturated rings. The fraction of sp³-hybridized carbons (Fsp3) is 0.455.